The number of fused-ring (bicyclic) bond motifs is 2. The second-order valence-electron chi connectivity index (χ2n) is 15.6. The van der Waals surface area contributed by atoms with Crippen LogP contribution in [0.3, 0.4) is 0 Å². The van der Waals surface area contributed by atoms with Gasteiger partial charge in [-0.1, -0.05) is 25.6 Å². The summed E-state index contributed by atoms with van der Waals surface area (Å²) < 4.78 is 53.8. The SMILES string of the molecule is CCC1(CC)CNP2(N)=NP(N)(N)=NP(N)(=N2)NCNP23=NP(N)(=NP(NCN[P+]4(N)N=[P+](N)N=P(N)(N)N4)(=N2)N1)N(CN)CC(CNP1(N)=N[P+](N)=NP(N)(N)=N1)C(N)(CC)CN3. The highest BCUT2D eigenvalue weighted by Gasteiger charge is 2.51. The summed E-state index contributed by atoms with van der Waals surface area (Å²) in [5, 5.41) is 27.8. The summed E-state index contributed by atoms with van der Waals surface area (Å²) in [6.07, 6.45) is 1.47. The van der Waals surface area contributed by atoms with E-state index in [2.05, 4.69) is 77.2 Å². The fourth-order valence-electron chi connectivity index (χ4n) is 7.08. The molecule has 36 nitrogen and oxygen atoms in total. The average Bonchev–Trinajstić information content (AvgIpc) is 3.14. The molecule has 370 valence electrons. The van der Waals surface area contributed by atoms with Gasteiger partial charge in [-0.3, -0.25) is 70.3 Å². The van der Waals surface area contributed by atoms with Gasteiger partial charge in [-0.05, 0) is 19.3 Å². The van der Waals surface area contributed by atoms with Gasteiger partial charge >= 0.3 is 23.9 Å². The molecule has 0 fully saturated rings. The van der Waals surface area contributed by atoms with Crippen molar-refractivity contribution >= 4 is 91.5 Å². The Morgan fingerprint density at radius 1 is 0.750 bits per heavy atom. The third-order valence-corrected chi connectivity index (χ3v) is 41.9. The predicted molar refractivity (Wildman–Crippen MR) is 277 cm³/mol. The van der Waals surface area contributed by atoms with Crippen molar-refractivity contribution in [2.24, 2.45) is 139 Å². The van der Waals surface area contributed by atoms with Crippen molar-refractivity contribution < 1.29 is 0 Å². The van der Waals surface area contributed by atoms with E-state index in [1.54, 1.807) is 0 Å². The molecular weight excluding hydrogens is 1070 g/mol. The molecule has 0 aromatic heterocycles. The quantitative estimate of drug-likeness (QED) is 0.103. The lowest BCUT2D eigenvalue weighted by Gasteiger charge is -2.43. The fourth-order valence-corrected chi connectivity index (χ4v) is 40.6. The lowest BCUT2D eigenvalue weighted by atomic mass is 9.82. The Bertz CT molecular complexity index is 2450. The largest absolute Gasteiger partial charge is 0.494 e. The lowest BCUT2D eigenvalue weighted by Crippen LogP contribution is -2.58. The summed E-state index contributed by atoms with van der Waals surface area (Å²) in [7, 11) is -36.7. The molecule has 11 atom stereocenters. The smallest absolute Gasteiger partial charge is 0.324 e. The van der Waals surface area contributed by atoms with Crippen LogP contribution in [0, 0.1) is 5.92 Å². The Morgan fingerprint density at radius 3 is 2.06 bits per heavy atom. The van der Waals surface area contributed by atoms with Crippen molar-refractivity contribution in [3.8, 4) is 0 Å². The van der Waals surface area contributed by atoms with E-state index in [4.69, 9.17) is 101 Å². The van der Waals surface area contributed by atoms with Gasteiger partial charge in [0.05, 0.1) is 20.0 Å². The number of rotatable bonds is 11. The van der Waals surface area contributed by atoms with E-state index < -0.39 is 108 Å². The van der Waals surface area contributed by atoms with Gasteiger partial charge in [-0.15, -0.1) is 21.6 Å². The van der Waals surface area contributed by atoms with Crippen LogP contribution in [0.15, 0.2) is 49.7 Å². The van der Waals surface area contributed by atoms with Crippen LogP contribution in [0.25, 0.3) is 0 Å². The standard InChI is InChI=1S/C16H69N36P12/c1-4-15(5-2)9-33-60(29)46-57(25,26)47-61(30,48-60)36-13-37-63-34-10-16(18,6-3)14(7-32-58(27)42-53(19)40-55(21,22)44-58)8-52(11-17)62(31,49-63)50-64(39-15,51-63)38-12-35-59(28)43-54(20)41-56(23,24)45-59/h14,32-39,45H,4-13,17-18,21-31H2,1-3H3,(H2,19,40)(H2,20,43)/q+3. The zero-order valence-electron chi connectivity index (χ0n) is 35.5. The van der Waals surface area contributed by atoms with Crippen molar-refractivity contribution in [3.63, 3.8) is 0 Å². The summed E-state index contributed by atoms with van der Waals surface area (Å²) in [6.45, 7) is 6.41. The molecule has 0 radical (unpaired) electrons. The van der Waals surface area contributed by atoms with E-state index >= 15 is 0 Å². The second-order valence-corrected chi connectivity index (χ2v) is 41.7. The van der Waals surface area contributed by atoms with Crippen LogP contribution in [-0.2, 0) is 0 Å². The molecule has 39 N–H and O–H groups in total. The van der Waals surface area contributed by atoms with E-state index in [9.17, 15) is 0 Å². The molecule has 5 bridgehead atoms. The molecule has 0 saturated carbocycles. The minimum atomic E-state index is -3.62. The van der Waals surface area contributed by atoms with Gasteiger partial charge in [0.15, 0.2) is 4.52 Å². The third kappa shape index (κ3) is 13.0. The van der Waals surface area contributed by atoms with Gasteiger partial charge in [0.25, 0.3) is 15.0 Å². The van der Waals surface area contributed by atoms with Gasteiger partial charge < -0.3 is 11.5 Å². The number of nitrogens with two attached hydrogens (primary N) is 15. The highest BCUT2D eigenvalue weighted by molar-refractivity contribution is 7.86. The molecule has 48 heteroatoms. The minimum absolute atomic E-state index is 0.0578. The molecule has 64 heavy (non-hydrogen) atoms. The lowest BCUT2D eigenvalue weighted by molar-refractivity contribution is 0.222. The van der Waals surface area contributed by atoms with Crippen LogP contribution in [0.1, 0.15) is 40.0 Å². The van der Waals surface area contributed by atoms with Gasteiger partial charge in [-0.2, -0.15) is 31.6 Å². The molecule has 1 spiro atoms. The molecule has 0 amide bonds. The van der Waals surface area contributed by atoms with E-state index in [0.29, 0.717) is 19.3 Å². The molecule has 11 unspecified atom stereocenters. The zero-order valence-corrected chi connectivity index (χ0v) is 46.3. The minimum Gasteiger partial charge on any atom is -0.324 e. The Labute approximate surface area is 376 Å². The van der Waals surface area contributed by atoms with E-state index in [0.717, 1.165) is 0 Å². The molecule has 0 aromatic carbocycles. The van der Waals surface area contributed by atoms with Gasteiger partial charge in [0.1, 0.15) is 0 Å². The van der Waals surface area contributed by atoms with Crippen molar-refractivity contribution in [1.82, 2.24) is 50.2 Å². The van der Waals surface area contributed by atoms with Crippen LogP contribution in [-0.4, -0.2) is 61.9 Å². The van der Waals surface area contributed by atoms with Crippen LogP contribution < -0.4 is 129 Å². The monoisotopic (exact) mass is 1140 g/mol. The first kappa shape index (κ1) is 55.0. The number of hydrogen-bond acceptors (Lipinski definition) is 36. The van der Waals surface area contributed by atoms with Crippen molar-refractivity contribution in [1.29, 1.82) is 0 Å². The maximum absolute atomic E-state index is 7.64. The second kappa shape index (κ2) is 19.6. The summed E-state index contributed by atoms with van der Waals surface area (Å²) in [6, 6.07) is 0. The molecular formula is C16H69N36P12+3. The first-order valence-electron chi connectivity index (χ1n) is 19.2. The van der Waals surface area contributed by atoms with E-state index in [1.807, 2.05) is 25.4 Å². The summed E-state index contributed by atoms with van der Waals surface area (Å²) >= 11 is 0. The van der Waals surface area contributed by atoms with Gasteiger partial charge in [0, 0.05) is 56.7 Å². The van der Waals surface area contributed by atoms with E-state index in [-0.39, 0.29) is 46.2 Å². The van der Waals surface area contributed by atoms with Crippen LogP contribution >= 0.6 is 91.5 Å². The molecule has 6 aliphatic heterocycles. The van der Waals surface area contributed by atoms with Crippen molar-refractivity contribution in [2.45, 2.75) is 51.1 Å². The Kier molecular flexibility index (Phi) is 16.9. The highest BCUT2D eigenvalue weighted by Crippen LogP contribution is 2.74. The van der Waals surface area contributed by atoms with E-state index in [1.165, 1.54) is 0 Å². The predicted octanol–water partition coefficient (Wildman–Crippen LogP) is 1.44. The molecule has 6 rings (SSSR count). The zero-order chi connectivity index (χ0) is 47.5. The third-order valence-electron chi connectivity index (χ3n) is 10.5. The van der Waals surface area contributed by atoms with Crippen molar-refractivity contribution in [2.75, 3.05) is 46.2 Å². The first-order valence-corrected chi connectivity index (χ1v) is 39.6. The fraction of sp³-hybridized carbons (Fsp3) is 1.00. The molecule has 0 saturated heterocycles. The molecule has 6 aliphatic rings. The normalized spacial score (nSPS) is 43.8. The Morgan fingerprint density at radius 2 is 1.44 bits per heavy atom. The van der Waals surface area contributed by atoms with Gasteiger partial charge in [-0.25, -0.2) is 25.0 Å². The molecule has 6 heterocycles. The van der Waals surface area contributed by atoms with Gasteiger partial charge in [0.2, 0.25) is 52.5 Å². The average molecular weight is 1140 g/mol. The Balaban J connectivity index is 1.54. The maximum atomic E-state index is 7.64. The van der Waals surface area contributed by atoms with Crippen LogP contribution in [0.5, 0.6) is 0 Å². The Hall–Kier alpha value is 1.70. The van der Waals surface area contributed by atoms with Crippen molar-refractivity contribution in [3.05, 3.63) is 0 Å². The summed E-state index contributed by atoms with van der Waals surface area (Å²) in [4.78, 5) is 2.99. The molecule has 0 aromatic rings. The maximum Gasteiger partial charge on any atom is 0.494 e. The highest BCUT2D eigenvalue weighted by atomic mass is 31.3. The first-order chi connectivity index (χ1) is 29.3. The topological polar surface area (TPSA) is 638 Å². The number of nitrogens with one attached hydrogen (secondary N) is 9. The number of nitrogens with zero attached hydrogens (tertiary/aromatic N) is 12. The summed E-state index contributed by atoms with van der Waals surface area (Å²) in [5.41, 5.74) is 97.3. The summed E-state index contributed by atoms with van der Waals surface area (Å²) in [5.74, 6) is -0.450. The number of hydrogen-bond donors (Lipinski definition) is 24. The molecule has 0 aliphatic carbocycles. The van der Waals surface area contributed by atoms with Crippen LogP contribution in [0.2, 0.25) is 0 Å². The van der Waals surface area contributed by atoms with Crippen LogP contribution in [0.4, 0.5) is 0 Å².